The Labute approximate surface area is 134 Å². The number of carbonyl (C=O) groups is 1. The molecule has 1 heterocycles. The van der Waals surface area contributed by atoms with Crippen molar-refractivity contribution in [3.05, 3.63) is 23.5 Å². The van der Waals surface area contributed by atoms with Crippen molar-refractivity contribution in [3.63, 3.8) is 0 Å². The van der Waals surface area contributed by atoms with Gasteiger partial charge in [0, 0.05) is 12.2 Å². The Hall–Kier alpha value is -1.58. The van der Waals surface area contributed by atoms with E-state index in [1.54, 1.807) is 7.11 Å². The average Bonchev–Trinajstić information content (AvgIpc) is 2.40. The van der Waals surface area contributed by atoms with Gasteiger partial charge in [-0.2, -0.15) is 0 Å². The zero-order chi connectivity index (χ0) is 17.0. The Morgan fingerprint density at radius 2 is 1.77 bits per heavy atom. The van der Waals surface area contributed by atoms with Crippen LogP contribution in [-0.4, -0.2) is 24.5 Å². The van der Waals surface area contributed by atoms with Gasteiger partial charge in [0.2, 0.25) is 0 Å². The minimum absolute atomic E-state index is 0.0345. The standard InChI is InChI=1S/C18H30N2O2/c1-17(2,3)11-10-13-8-9-14(22-7)15(20-13)16(21)19-12-18(4,5)6/h8-9H,10-12H2,1-7H3,(H,19,21). The predicted octanol–water partition coefficient (Wildman–Crippen LogP) is 3.84. The maximum absolute atomic E-state index is 12.4. The van der Waals surface area contributed by atoms with Crippen LogP contribution in [0.25, 0.3) is 0 Å². The Balaban J connectivity index is 2.89. The number of carbonyl (C=O) groups excluding carboxylic acids is 1. The van der Waals surface area contributed by atoms with Gasteiger partial charge in [0.15, 0.2) is 5.69 Å². The van der Waals surface area contributed by atoms with Gasteiger partial charge in [-0.1, -0.05) is 41.5 Å². The fraction of sp³-hybridized carbons (Fsp3) is 0.667. The lowest BCUT2D eigenvalue weighted by Gasteiger charge is -2.20. The largest absolute Gasteiger partial charge is 0.494 e. The summed E-state index contributed by atoms with van der Waals surface area (Å²) in [7, 11) is 1.56. The topological polar surface area (TPSA) is 51.2 Å². The van der Waals surface area contributed by atoms with Gasteiger partial charge in [-0.15, -0.1) is 0 Å². The molecular weight excluding hydrogens is 276 g/mol. The van der Waals surface area contributed by atoms with Crippen LogP contribution in [0.3, 0.4) is 0 Å². The zero-order valence-corrected chi connectivity index (χ0v) is 15.0. The first kappa shape index (κ1) is 18.5. The minimum atomic E-state index is -0.176. The molecular formula is C18H30N2O2. The van der Waals surface area contributed by atoms with E-state index in [1.807, 2.05) is 12.1 Å². The summed E-state index contributed by atoms with van der Waals surface area (Å²) in [5, 5.41) is 2.93. The number of aromatic nitrogens is 1. The van der Waals surface area contributed by atoms with Gasteiger partial charge in [-0.3, -0.25) is 4.79 Å². The first-order chi connectivity index (χ1) is 10.0. The third kappa shape index (κ3) is 6.46. The number of amides is 1. The van der Waals surface area contributed by atoms with E-state index >= 15 is 0 Å². The van der Waals surface area contributed by atoms with Gasteiger partial charge in [-0.25, -0.2) is 4.98 Å². The van der Waals surface area contributed by atoms with Crippen LogP contribution in [-0.2, 0) is 6.42 Å². The molecule has 1 aromatic rings. The van der Waals surface area contributed by atoms with E-state index in [4.69, 9.17) is 4.74 Å². The fourth-order valence-corrected chi connectivity index (χ4v) is 1.89. The molecule has 1 rings (SSSR count). The number of nitrogens with one attached hydrogen (secondary N) is 1. The molecule has 0 aliphatic heterocycles. The highest BCUT2D eigenvalue weighted by molar-refractivity contribution is 5.95. The van der Waals surface area contributed by atoms with Crippen molar-refractivity contribution in [1.29, 1.82) is 0 Å². The van der Waals surface area contributed by atoms with Crippen molar-refractivity contribution >= 4 is 5.91 Å². The molecule has 0 radical (unpaired) electrons. The van der Waals surface area contributed by atoms with Crippen molar-refractivity contribution in [2.75, 3.05) is 13.7 Å². The maximum atomic E-state index is 12.4. The molecule has 4 heteroatoms. The molecule has 1 N–H and O–H groups in total. The van der Waals surface area contributed by atoms with Crippen LogP contribution < -0.4 is 10.1 Å². The minimum Gasteiger partial charge on any atom is -0.494 e. The molecule has 4 nitrogen and oxygen atoms in total. The van der Waals surface area contributed by atoms with E-state index in [2.05, 4.69) is 51.8 Å². The van der Waals surface area contributed by atoms with E-state index in [1.165, 1.54) is 0 Å². The van der Waals surface area contributed by atoms with E-state index < -0.39 is 0 Å². The van der Waals surface area contributed by atoms with Crippen LogP contribution in [0.1, 0.15) is 64.1 Å². The SMILES string of the molecule is COc1ccc(CCC(C)(C)C)nc1C(=O)NCC(C)(C)C. The highest BCUT2D eigenvalue weighted by atomic mass is 16.5. The molecule has 0 saturated carbocycles. The third-order valence-electron chi connectivity index (χ3n) is 3.26. The number of aryl methyl sites for hydroxylation is 1. The monoisotopic (exact) mass is 306 g/mol. The summed E-state index contributed by atoms with van der Waals surface area (Å²) in [4.78, 5) is 16.9. The molecule has 0 aliphatic carbocycles. The number of pyridine rings is 1. The van der Waals surface area contributed by atoms with Crippen molar-refractivity contribution in [2.24, 2.45) is 10.8 Å². The highest BCUT2D eigenvalue weighted by Gasteiger charge is 2.19. The number of methoxy groups -OCH3 is 1. The second-order valence-corrected chi connectivity index (χ2v) is 8.16. The Kier molecular flexibility index (Phi) is 5.98. The van der Waals surface area contributed by atoms with Crippen LogP contribution in [0.4, 0.5) is 0 Å². The zero-order valence-electron chi connectivity index (χ0n) is 15.0. The van der Waals surface area contributed by atoms with E-state index in [0.29, 0.717) is 18.0 Å². The normalized spacial score (nSPS) is 12.1. The number of hydrogen-bond acceptors (Lipinski definition) is 3. The summed E-state index contributed by atoms with van der Waals surface area (Å²) in [6.07, 6.45) is 1.88. The summed E-state index contributed by atoms with van der Waals surface area (Å²) in [5.74, 6) is 0.343. The molecule has 0 fully saturated rings. The first-order valence-electron chi connectivity index (χ1n) is 7.84. The Morgan fingerprint density at radius 1 is 1.14 bits per heavy atom. The van der Waals surface area contributed by atoms with Crippen molar-refractivity contribution in [1.82, 2.24) is 10.3 Å². The molecule has 0 aliphatic rings. The second kappa shape index (κ2) is 7.12. The highest BCUT2D eigenvalue weighted by Crippen LogP contribution is 2.23. The van der Waals surface area contributed by atoms with Crippen molar-refractivity contribution < 1.29 is 9.53 Å². The molecule has 22 heavy (non-hydrogen) atoms. The molecule has 1 amide bonds. The first-order valence-corrected chi connectivity index (χ1v) is 7.84. The van der Waals surface area contributed by atoms with Crippen LogP contribution >= 0.6 is 0 Å². The van der Waals surface area contributed by atoms with Gasteiger partial charge < -0.3 is 10.1 Å². The summed E-state index contributed by atoms with van der Waals surface area (Å²) < 4.78 is 5.28. The lowest BCUT2D eigenvalue weighted by atomic mass is 9.90. The third-order valence-corrected chi connectivity index (χ3v) is 3.26. The Morgan fingerprint density at radius 3 is 2.27 bits per heavy atom. The molecule has 0 atom stereocenters. The number of ether oxygens (including phenoxy) is 1. The molecule has 0 bridgehead atoms. The number of nitrogens with zero attached hydrogens (tertiary/aromatic N) is 1. The van der Waals surface area contributed by atoms with Crippen LogP contribution in [0.5, 0.6) is 5.75 Å². The summed E-state index contributed by atoms with van der Waals surface area (Å²) in [6.45, 7) is 13.4. The summed E-state index contributed by atoms with van der Waals surface area (Å²) in [5.41, 5.74) is 1.58. The van der Waals surface area contributed by atoms with Gasteiger partial charge in [0.25, 0.3) is 5.91 Å². The van der Waals surface area contributed by atoms with Crippen LogP contribution in [0.2, 0.25) is 0 Å². The lowest BCUT2D eigenvalue weighted by Crippen LogP contribution is -2.33. The molecule has 0 aromatic carbocycles. The quantitative estimate of drug-likeness (QED) is 0.899. The second-order valence-electron chi connectivity index (χ2n) is 8.16. The Bertz CT molecular complexity index is 511. The predicted molar refractivity (Wildman–Crippen MR) is 90.4 cm³/mol. The molecule has 0 unspecified atom stereocenters. The van der Waals surface area contributed by atoms with Crippen LogP contribution in [0.15, 0.2) is 12.1 Å². The van der Waals surface area contributed by atoms with E-state index in [-0.39, 0.29) is 16.7 Å². The van der Waals surface area contributed by atoms with Crippen LogP contribution in [0, 0.1) is 10.8 Å². The lowest BCUT2D eigenvalue weighted by molar-refractivity contribution is 0.0930. The van der Waals surface area contributed by atoms with Gasteiger partial charge in [0.1, 0.15) is 5.75 Å². The summed E-state index contributed by atoms with van der Waals surface area (Å²) >= 11 is 0. The van der Waals surface area contributed by atoms with Gasteiger partial charge >= 0.3 is 0 Å². The van der Waals surface area contributed by atoms with Crippen molar-refractivity contribution in [3.8, 4) is 5.75 Å². The summed E-state index contributed by atoms with van der Waals surface area (Å²) in [6, 6.07) is 3.77. The van der Waals surface area contributed by atoms with Crippen molar-refractivity contribution in [2.45, 2.75) is 54.4 Å². The molecule has 0 saturated heterocycles. The van der Waals surface area contributed by atoms with E-state index in [9.17, 15) is 4.79 Å². The molecule has 0 spiro atoms. The molecule has 1 aromatic heterocycles. The number of rotatable bonds is 5. The number of hydrogen-bond donors (Lipinski definition) is 1. The van der Waals surface area contributed by atoms with E-state index in [0.717, 1.165) is 18.5 Å². The average molecular weight is 306 g/mol. The van der Waals surface area contributed by atoms with Gasteiger partial charge in [0.05, 0.1) is 7.11 Å². The fourth-order valence-electron chi connectivity index (χ4n) is 1.89. The molecule has 124 valence electrons. The maximum Gasteiger partial charge on any atom is 0.273 e. The smallest absolute Gasteiger partial charge is 0.273 e. The van der Waals surface area contributed by atoms with Gasteiger partial charge in [-0.05, 0) is 35.8 Å².